The van der Waals surface area contributed by atoms with Gasteiger partial charge in [-0.05, 0) is 38.9 Å². The third-order valence-corrected chi connectivity index (χ3v) is 3.24. The van der Waals surface area contributed by atoms with Crippen LogP contribution in [0, 0.1) is 0 Å². The smallest absolute Gasteiger partial charge is 0.0626 e. The molecule has 0 bridgehead atoms. The molecule has 1 aromatic rings. The molecule has 0 aliphatic carbocycles. The molecule has 0 radical (unpaired) electrons. The molecule has 0 aliphatic rings. The SMILES string of the molecule is CNC(COC(C)C)Cc1ccccc1Br. The van der Waals surface area contributed by atoms with Crippen LogP contribution in [0.1, 0.15) is 19.4 Å². The van der Waals surface area contributed by atoms with Crippen LogP contribution in [-0.4, -0.2) is 25.8 Å². The molecular weight excluding hydrogens is 266 g/mol. The Kier molecular flexibility index (Phi) is 6.03. The minimum Gasteiger partial charge on any atom is -0.377 e. The van der Waals surface area contributed by atoms with Gasteiger partial charge in [0.1, 0.15) is 0 Å². The van der Waals surface area contributed by atoms with Crippen molar-refractivity contribution >= 4 is 15.9 Å². The van der Waals surface area contributed by atoms with Crippen molar-refractivity contribution in [3.63, 3.8) is 0 Å². The third-order valence-electron chi connectivity index (χ3n) is 2.46. The van der Waals surface area contributed by atoms with Gasteiger partial charge in [0.25, 0.3) is 0 Å². The summed E-state index contributed by atoms with van der Waals surface area (Å²) < 4.78 is 6.80. The summed E-state index contributed by atoms with van der Waals surface area (Å²) in [7, 11) is 1.98. The van der Waals surface area contributed by atoms with E-state index in [1.807, 2.05) is 13.1 Å². The van der Waals surface area contributed by atoms with Crippen LogP contribution in [0.3, 0.4) is 0 Å². The molecule has 0 aromatic heterocycles. The molecule has 1 atom stereocenters. The number of halogens is 1. The van der Waals surface area contributed by atoms with Gasteiger partial charge in [-0.25, -0.2) is 0 Å². The Morgan fingerprint density at radius 3 is 2.56 bits per heavy atom. The van der Waals surface area contributed by atoms with Crippen LogP contribution in [0.2, 0.25) is 0 Å². The molecule has 0 amide bonds. The molecule has 1 unspecified atom stereocenters. The maximum atomic E-state index is 5.63. The molecule has 90 valence electrons. The Morgan fingerprint density at radius 2 is 2.00 bits per heavy atom. The molecule has 0 aliphatic heterocycles. The Labute approximate surface area is 107 Å². The maximum Gasteiger partial charge on any atom is 0.0626 e. The number of hydrogen-bond donors (Lipinski definition) is 1. The zero-order valence-corrected chi connectivity index (χ0v) is 11.8. The first-order valence-electron chi connectivity index (χ1n) is 5.65. The summed E-state index contributed by atoms with van der Waals surface area (Å²) in [6.45, 7) is 4.87. The summed E-state index contributed by atoms with van der Waals surface area (Å²) in [6.07, 6.45) is 1.26. The van der Waals surface area contributed by atoms with Gasteiger partial charge in [0.2, 0.25) is 0 Å². The van der Waals surface area contributed by atoms with Crippen LogP contribution in [0.4, 0.5) is 0 Å². The highest BCUT2D eigenvalue weighted by Crippen LogP contribution is 2.17. The lowest BCUT2D eigenvalue weighted by atomic mass is 10.1. The van der Waals surface area contributed by atoms with E-state index >= 15 is 0 Å². The van der Waals surface area contributed by atoms with Crippen molar-refractivity contribution in [2.24, 2.45) is 0 Å². The van der Waals surface area contributed by atoms with Crippen molar-refractivity contribution in [2.75, 3.05) is 13.7 Å². The molecule has 2 nitrogen and oxygen atoms in total. The van der Waals surface area contributed by atoms with E-state index in [1.54, 1.807) is 0 Å². The largest absolute Gasteiger partial charge is 0.377 e. The summed E-state index contributed by atoms with van der Waals surface area (Å²) in [6, 6.07) is 8.68. The lowest BCUT2D eigenvalue weighted by Gasteiger charge is -2.18. The monoisotopic (exact) mass is 285 g/mol. The number of benzene rings is 1. The van der Waals surface area contributed by atoms with Gasteiger partial charge in [-0.15, -0.1) is 0 Å². The molecule has 0 fully saturated rings. The predicted molar refractivity (Wildman–Crippen MR) is 71.8 cm³/mol. The Bertz CT molecular complexity index is 315. The topological polar surface area (TPSA) is 21.3 Å². The Balaban J connectivity index is 2.53. The van der Waals surface area contributed by atoms with E-state index in [4.69, 9.17) is 4.74 Å². The molecular formula is C13H20BrNO. The standard InChI is InChI=1S/C13H20BrNO/c1-10(2)16-9-12(15-3)8-11-6-4-5-7-13(11)14/h4-7,10,12,15H,8-9H2,1-3H3. The average molecular weight is 286 g/mol. The lowest BCUT2D eigenvalue weighted by molar-refractivity contribution is 0.0627. The van der Waals surface area contributed by atoms with Gasteiger partial charge < -0.3 is 10.1 Å². The summed E-state index contributed by atoms with van der Waals surface area (Å²) in [4.78, 5) is 0. The van der Waals surface area contributed by atoms with E-state index < -0.39 is 0 Å². The maximum absolute atomic E-state index is 5.63. The van der Waals surface area contributed by atoms with Gasteiger partial charge >= 0.3 is 0 Å². The van der Waals surface area contributed by atoms with Crippen molar-refractivity contribution in [3.8, 4) is 0 Å². The van der Waals surface area contributed by atoms with Crippen LogP contribution in [0.15, 0.2) is 28.7 Å². The zero-order chi connectivity index (χ0) is 12.0. The number of likely N-dealkylation sites (N-methyl/N-ethyl adjacent to an activating group) is 1. The highest BCUT2D eigenvalue weighted by atomic mass is 79.9. The zero-order valence-electron chi connectivity index (χ0n) is 10.2. The summed E-state index contributed by atoms with van der Waals surface area (Å²) in [5.74, 6) is 0. The van der Waals surface area contributed by atoms with E-state index in [0.717, 1.165) is 13.0 Å². The number of nitrogens with one attached hydrogen (secondary N) is 1. The van der Waals surface area contributed by atoms with Gasteiger partial charge in [0, 0.05) is 10.5 Å². The quantitative estimate of drug-likeness (QED) is 0.868. The predicted octanol–water partition coefficient (Wildman–Crippen LogP) is 3.00. The van der Waals surface area contributed by atoms with Crippen molar-refractivity contribution in [1.82, 2.24) is 5.32 Å². The summed E-state index contributed by atoms with van der Waals surface area (Å²) in [5.41, 5.74) is 1.31. The van der Waals surface area contributed by atoms with Crippen LogP contribution < -0.4 is 5.32 Å². The van der Waals surface area contributed by atoms with E-state index in [2.05, 4.69) is 53.3 Å². The lowest BCUT2D eigenvalue weighted by Crippen LogP contribution is -2.33. The second-order valence-corrected chi connectivity index (χ2v) is 5.02. The minimum atomic E-state index is 0.287. The first kappa shape index (κ1) is 13.7. The van der Waals surface area contributed by atoms with E-state index in [0.29, 0.717) is 6.04 Å². The van der Waals surface area contributed by atoms with E-state index in [-0.39, 0.29) is 6.10 Å². The number of rotatable bonds is 6. The molecule has 1 aromatic carbocycles. The molecule has 0 saturated heterocycles. The molecule has 0 spiro atoms. The van der Waals surface area contributed by atoms with Crippen LogP contribution in [0.25, 0.3) is 0 Å². The van der Waals surface area contributed by atoms with Gasteiger partial charge in [0.15, 0.2) is 0 Å². The third kappa shape index (κ3) is 4.64. The highest BCUT2D eigenvalue weighted by Gasteiger charge is 2.10. The van der Waals surface area contributed by atoms with Crippen LogP contribution in [0.5, 0.6) is 0 Å². The van der Waals surface area contributed by atoms with Gasteiger partial charge in [-0.1, -0.05) is 34.1 Å². The second kappa shape index (κ2) is 7.05. The average Bonchev–Trinajstić information content (AvgIpc) is 2.26. The van der Waals surface area contributed by atoms with Gasteiger partial charge in [-0.2, -0.15) is 0 Å². The van der Waals surface area contributed by atoms with Crippen LogP contribution >= 0.6 is 15.9 Å². The molecule has 0 heterocycles. The van der Waals surface area contributed by atoms with Gasteiger partial charge in [-0.3, -0.25) is 0 Å². The number of hydrogen-bond acceptors (Lipinski definition) is 2. The minimum absolute atomic E-state index is 0.287. The first-order valence-corrected chi connectivity index (χ1v) is 6.45. The first-order chi connectivity index (χ1) is 7.63. The molecule has 1 N–H and O–H groups in total. The molecule has 3 heteroatoms. The molecule has 0 saturated carbocycles. The number of ether oxygens (including phenoxy) is 1. The van der Waals surface area contributed by atoms with Gasteiger partial charge in [0.05, 0.1) is 12.7 Å². The van der Waals surface area contributed by atoms with E-state index in [9.17, 15) is 0 Å². The van der Waals surface area contributed by atoms with Crippen molar-refractivity contribution in [3.05, 3.63) is 34.3 Å². The fraction of sp³-hybridized carbons (Fsp3) is 0.538. The fourth-order valence-corrected chi connectivity index (χ4v) is 1.93. The summed E-state index contributed by atoms with van der Waals surface area (Å²) >= 11 is 3.57. The fourth-order valence-electron chi connectivity index (χ4n) is 1.48. The van der Waals surface area contributed by atoms with Crippen molar-refractivity contribution < 1.29 is 4.74 Å². The molecule has 1 rings (SSSR count). The van der Waals surface area contributed by atoms with Crippen LogP contribution in [-0.2, 0) is 11.2 Å². The van der Waals surface area contributed by atoms with Crippen molar-refractivity contribution in [1.29, 1.82) is 0 Å². The highest BCUT2D eigenvalue weighted by molar-refractivity contribution is 9.10. The Hall–Kier alpha value is -0.380. The summed E-state index contributed by atoms with van der Waals surface area (Å²) in [5, 5.41) is 3.29. The second-order valence-electron chi connectivity index (χ2n) is 4.16. The molecule has 16 heavy (non-hydrogen) atoms. The van der Waals surface area contributed by atoms with E-state index in [1.165, 1.54) is 10.0 Å². The normalized spacial score (nSPS) is 13.1. The van der Waals surface area contributed by atoms with Crippen molar-refractivity contribution in [2.45, 2.75) is 32.4 Å². The Morgan fingerprint density at radius 1 is 1.31 bits per heavy atom.